The molecule has 0 saturated carbocycles. The molecule has 0 aliphatic heterocycles. The number of rotatable bonds is 4. The molecule has 76 valence electrons. The summed E-state index contributed by atoms with van der Waals surface area (Å²) in [5, 5.41) is 3.28. The number of thiocarbonyl (C=S) groups is 1. The quantitative estimate of drug-likeness (QED) is 0.539. The summed E-state index contributed by atoms with van der Waals surface area (Å²) in [6, 6.07) is 0. The molecule has 0 aromatic heterocycles. The normalized spacial score (nSPS) is 10.3. The first-order chi connectivity index (χ1) is 5.95. The van der Waals surface area contributed by atoms with Gasteiger partial charge in [0.25, 0.3) is 0 Å². The summed E-state index contributed by atoms with van der Waals surface area (Å²) in [4.78, 5) is 0. The van der Waals surface area contributed by atoms with E-state index in [9.17, 15) is 0 Å². The van der Waals surface area contributed by atoms with Gasteiger partial charge in [-0.3, -0.25) is 0 Å². The van der Waals surface area contributed by atoms with Gasteiger partial charge in [-0.2, -0.15) is 0 Å². The lowest BCUT2D eigenvalue weighted by atomic mass is 9.92. The first kappa shape index (κ1) is 12.4. The second-order valence-corrected chi connectivity index (χ2v) is 4.20. The summed E-state index contributed by atoms with van der Waals surface area (Å²) in [5.74, 6) is 1.18. The molecule has 0 amide bonds. The Kier molecular flexibility index (Phi) is 5.71. The van der Waals surface area contributed by atoms with E-state index < -0.39 is 0 Å². The Hall–Kier alpha value is -0.570. The molecule has 0 fully saturated rings. The van der Waals surface area contributed by atoms with E-state index in [1.54, 1.807) is 0 Å². The van der Waals surface area contributed by atoms with Crippen molar-refractivity contribution in [2.45, 2.75) is 27.7 Å². The summed E-state index contributed by atoms with van der Waals surface area (Å²) >= 11 is 4.72. The Labute approximate surface area is 86.6 Å². The fraction of sp³-hybridized carbons (Fsp3) is 0.700. The third kappa shape index (κ3) is 5.64. The van der Waals surface area contributed by atoms with Gasteiger partial charge in [0.2, 0.25) is 0 Å². The second-order valence-electron chi connectivity index (χ2n) is 3.76. The predicted molar refractivity (Wildman–Crippen MR) is 62.5 cm³/mol. The number of allylic oxidation sites excluding steroid dienone is 1. The van der Waals surface area contributed by atoms with Gasteiger partial charge in [-0.15, -0.1) is 0 Å². The summed E-state index contributed by atoms with van der Waals surface area (Å²) in [6.45, 7) is 9.54. The molecule has 0 spiro atoms. The Balaban J connectivity index is 4.13. The monoisotopic (exact) mass is 200 g/mol. The third-order valence-corrected chi connectivity index (χ3v) is 2.09. The van der Waals surface area contributed by atoms with Crippen LogP contribution in [0.1, 0.15) is 27.7 Å². The minimum atomic E-state index is 0.364. The van der Waals surface area contributed by atoms with E-state index >= 15 is 0 Å². The SMILES string of the molecule is CC(C)C(=CCNC(N)=S)C(C)C. The van der Waals surface area contributed by atoms with Crippen LogP contribution in [0.2, 0.25) is 0 Å². The summed E-state index contributed by atoms with van der Waals surface area (Å²) in [7, 11) is 0. The maximum absolute atomic E-state index is 5.32. The molecule has 2 nitrogen and oxygen atoms in total. The molecular formula is C10H20N2S. The van der Waals surface area contributed by atoms with Crippen LogP contribution in [-0.2, 0) is 0 Å². The van der Waals surface area contributed by atoms with Crippen molar-refractivity contribution < 1.29 is 0 Å². The van der Waals surface area contributed by atoms with Crippen molar-refractivity contribution in [2.75, 3.05) is 6.54 Å². The van der Waals surface area contributed by atoms with Crippen LogP contribution in [0, 0.1) is 11.8 Å². The zero-order chi connectivity index (χ0) is 10.4. The van der Waals surface area contributed by atoms with Crippen LogP contribution >= 0.6 is 12.2 Å². The van der Waals surface area contributed by atoms with Gasteiger partial charge < -0.3 is 11.1 Å². The maximum Gasteiger partial charge on any atom is 0.163 e. The highest BCUT2D eigenvalue weighted by Gasteiger charge is 2.06. The minimum absolute atomic E-state index is 0.364. The van der Waals surface area contributed by atoms with Crippen LogP contribution in [-0.4, -0.2) is 11.7 Å². The van der Waals surface area contributed by atoms with Crippen LogP contribution in [0.5, 0.6) is 0 Å². The number of hydrogen-bond donors (Lipinski definition) is 2. The summed E-state index contributed by atoms with van der Waals surface area (Å²) in [5.41, 5.74) is 6.77. The van der Waals surface area contributed by atoms with Gasteiger partial charge in [0, 0.05) is 6.54 Å². The van der Waals surface area contributed by atoms with Gasteiger partial charge in [-0.05, 0) is 24.1 Å². The minimum Gasteiger partial charge on any atom is -0.376 e. The topological polar surface area (TPSA) is 38.0 Å². The average Bonchev–Trinajstić information content (AvgIpc) is 1.95. The lowest BCUT2D eigenvalue weighted by molar-refractivity contribution is 0.621. The van der Waals surface area contributed by atoms with Gasteiger partial charge in [0.1, 0.15) is 0 Å². The molecule has 0 heterocycles. The van der Waals surface area contributed by atoms with Crippen LogP contribution in [0.3, 0.4) is 0 Å². The lowest BCUT2D eigenvalue weighted by Crippen LogP contribution is -2.29. The molecule has 0 aliphatic rings. The van der Waals surface area contributed by atoms with Crippen LogP contribution in [0.25, 0.3) is 0 Å². The molecule has 13 heavy (non-hydrogen) atoms. The molecule has 0 rings (SSSR count). The number of nitrogens with one attached hydrogen (secondary N) is 1. The first-order valence-corrected chi connectivity index (χ1v) is 5.09. The van der Waals surface area contributed by atoms with E-state index in [-0.39, 0.29) is 0 Å². The van der Waals surface area contributed by atoms with Gasteiger partial charge in [-0.1, -0.05) is 39.3 Å². The molecule has 0 atom stereocenters. The van der Waals surface area contributed by atoms with Crippen molar-refractivity contribution in [1.29, 1.82) is 0 Å². The van der Waals surface area contributed by atoms with Crippen molar-refractivity contribution in [2.24, 2.45) is 17.6 Å². The van der Waals surface area contributed by atoms with Crippen molar-refractivity contribution in [1.82, 2.24) is 5.32 Å². The smallest absolute Gasteiger partial charge is 0.163 e. The Bertz CT molecular complexity index is 185. The van der Waals surface area contributed by atoms with Crippen molar-refractivity contribution in [3.05, 3.63) is 11.6 Å². The van der Waals surface area contributed by atoms with E-state index in [1.165, 1.54) is 5.57 Å². The molecule has 0 unspecified atom stereocenters. The largest absolute Gasteiger partial charge is 0.376 e. The summed E-state index contributed by atoms with van der Waals surface area (Å²) in [6.07, 6.45) is 2.18. The van der Waals surface area contributed by atoms with Gasteiger partial charge >= 0.3 is 0 Å². The van der Waals surface area contributed by atoms with Gasteiger partial charge in [0.15, 0.2) is 5.11 Å². The van der Waals surface area contributed by atoms with Crippen LogP contribution < -0.4 is 11.1 Å². The average molecular weight is 200 g/mol. The van der Waals surface area contributed by atoms with E-state index in [0.29, 0.717) is 16.9 Å². The molecule has 0 aliphatic carbocycles. The van der Waals surface area contributed by atoms with Gasteiger partial charge in [0.05, 0.1) is 0 Å². The molecular weight excluding hydrogens is 180 g/mol. The zero-order valence-corrected chi connectivity index (χ0v) is 9.74. The highest BCUT2D eigenvalue weighted by Crippen LogP contribution is 2.18. The Morgan fingerprint density at radius 3 is 2.08 bits per heavy atom. The van der Waals surface area contributed by atoms with Gasteiger partial charge in [-0.25, -0.2) is 0 Å². The molecule has 0 radical (unpaired) electrons. The van der Waals surface area contributed by atoms with E-state index in [0.717, 1.165) is 6.54 Å². The fourth-order valence-electron chi connectivity index (χ4n) is 1.41. The molecule has 0 aromatic rings. The standard InChI is InChI=1S/C10H20N2S/c1-7(2)9(8(3)4)5-6-12-10(11)13/h5,7-8H,6H2,1-4H3,(H3,11,12,13). The molecule has 0 saturated heterocycles. The first-order valence-electron chi connectivity index (χ1n) is 4.68. The fourth-order valence-corrected chi connectivity index (χ4v) is 1.49. The Morgan fingerprint density at radius 1 is 1.31 bits per heavy atom. The van der Waals surface area contributed by atoms with E-state index in [1.807, 2.05) is 0 Å². The third-order valence-electron chi connectivity index (χ3n) is 1.95. The predicted octanol–water partition coefficient (Wildman–Crippen LogP) is 2.06. The van der Waals surface area contributed by atoms with Crippen molar-refractivity contribution in [3.8, 4) is 0 Å². The Morgan fingerprint density at radius 2 is 1.77 bits per heavy atom. The van der Waals surface area contributed by atoms with Crippen LogP contribution in [0.4, 0.5) is 0 Å². The van der Waals surface area contributed by atoms with E-state index in [2.05, 4.69) is 39.1 Å². The van der Waals surface area contributed by atoms with Crippen molar-refractivity contribution >= 4 is 17.3 Å². The number of nitrogens with two attached hydrogens (primary N) is 1. The van der Waals surface area contributed by atoms with Crippen molar-refractivity contribution in [3.63, 3.8) is 0 Å². The highest BCUT2D eigenvalue weighted by molar-refractivity contribution is 7.80. The maximum atomic E-state index is 5.32. The molecule has 0 aromatic carbocycles. The second kappa shape index (κ2) is 5.97. The zero-order valence-electron chi connectivity index (χ0n) is 8.92. The summed E-state index contributed by atoms with van der Waals surface area (Å²) < 4.78 is 0. The number of hydrogen-bond acceptors (Lipinski definition) is 1. The molecule has 3 heteroatoms. The molecule has 0 bridgehead atoms. The van der Waals surface area contributed by atoms with Crippen LogP contribution in [0.15, 0.2) is 11.6 Å². The molecule has 3 N–H and O–H groups in total. The lowest BCUT2D eigenvalue weighted by Gasteiger charge is -2.15. The highest BCUT2D eigenvalue weighted by atomic mass is 32.1. The van der Waals surface area contributed by atoms with E-state index in [4.69, 9.17) is 18.0 Å².